The van der Waals surface area contributed by atoms with Crippen LogP contribution in [0.5, 0.6) is 0 Å². The average Bonchev–Trinajstić information content (AvgIpc) is 3.04. The van der Waals surface area contributed by atoms with Crippen LogP contribution in [0, 0.1) is 0 Å². The normalized spacial score (nSPS) is 20.6. The third-order valence-electron chi connectivity index (χ3n) is 4.33. The quantitative estimate of drug-likeness (QED) is 0.757. The number of benzene rings is 1. The first-order valence-corrected chi connectivity index (χ1v) is 10.1. The van der Waals surface area contributed by atoms with Crippen LogP contribution >= 0.6 is 22.9 Å². The maximum atomic E-state index is 11.9. The van der Waals surface area contributed by atoms with Crippen LogP contribution < -0.4 is 5.32 Å². The van der Waals surface area contributed by atoms with E-state index in [1.54, 1.807) is 11.3 Å². The molecular weight excluding hydrogens is 370 g/mol. The highest BCUT2D eigenvalue weighted by Crippen LogP contribution is 2.36. The zero-order valence-corrected chi connectivity index (χ0v) is 16.9. The summed E-state index contributed by atoms with van der Waals surface area (Å²) in [5, 5.41) is 14.4. The molecule has 1 aliphatic carbocycles. The van der Waals surface area contributed by atoms with Crippen molar-refractivity contribution in [3.8, 4) is 10.6 Å². The molecule has 7 heteroatoms. The number of halogens is 1. The zero-order chi connectivity index (χ0) is 18.7. The minimum Gasteiger partial charge on any atom is -0.444 e. The maximum Gasteiger partial charge on any atom is 0.407 e. The second-order valence-corrected chi connectivity index (χ2v) is 9.09. The van der Waals surface area contributed by atoms with Crippen LogP contribution in [-0.4, -0.2) is 27.9 Å². The Balaban J connectivity index is 1.54. The molecule has 0 atom stereocenters. The monoisotopic (exact) mass is 393 g/mol. The number of ether oxygens (including phenoxy) is 1. The van der Waals surface area contributed by atoms with Gasteiger partial charge in [-0.1, -0.05) is 35.1 Å². The lowest BCUT2D eigenvalue weighted by molar-refractivity contribution is 0.0491. The van der Waals surface area contributed by atoms with E-state index in [0.717, 1.165) is 41.3 Å². The van der Waals surface area contributed by atoms with Crippen molar-refractivity contribution in [2.75, 3.05) is 0 Å². The molecule has 1 amide bonds. The van der Waals surface area contributed by atoms with Gasteiger partial charge >= 0.3 is 6.09 Å². The molecule has 5 nitrogen and oxygen atoms in total. The highest BCUT2D eigenvalue weighted by Gasteiger charge is 2.27. The largest absolute Gasteiger partial charge is 0.444 e. The predicted octanol–water partition coefficient (Wildman–Crippen LogP) is 5.41. The molecule has 26 heavy (non-hydrogen) atoms. The Morgan fingerprint density at radius 3 is 2.42 bits per heavy atom. The number of rotatable bonds is 3. The van der Waals surface area contributed by atoms with Gasteiger partial charge in [-0.05, 0) is 58.6 Å². The van der Waals surface area contributed by atoms with Crippen molar-refractivity contribution in [1.29, 1.82) is 0 Å². The van der Waals surface area contributed by atoms with E-state index < -0.39 is 5.60 Å². The Morgan fingerprint density at radius 1 is 1.15 bits per heavy atom. The fourth-order valence-electron chi connectivity index (χ4n) is 3.07. The molecule has 1 aromatic carbocycles. The van der Waals surface area contributed by atoms with E-state index in [-0.39, 0.29) is 12.1 Å². The van der Waals surface area contributed by atoms with Crippen LogP contribution in [0.4, 0.5) is 4.79 Å². The second kappa shape index (κ2) is 7.92. The molecular formula is C19H24ClN3O2S. The summed E-state index contributed by atoms with van der Waals surface area (Å²) in [5.41, 5.74) is 0.574. The Hall–Kier alpha value is -1.66. The number of amides is 1. The lowest BCUT2D eigenvalue weighted by Gasteiger charge is -2.29. The van der Waals surface area contributed by atoms with E-state index in [2.05, 4.69) is 15.5 Å². The summed E-state index contributed by atoms with van der Waals surface area (Å²) in [5.74, 6) is 0.408. The van der Waals surface area contributed by atoms with Gasteiger partial charge in [-0.15, -0.1) is 10.2 Å². The van der Waals surface area contributed by atoms with Gasteiger partial charge in [0.05, 0.1) is 0 Å². The SMILES string of the molecule is CC(C)(C)OC(=O)NC1CCC(c2nnc(-c3ccc(Cl)cc3)s2)CC1. The summed E-state index contributed by atoms with van der Waals surface area (Å²) in [4.78, 5) is 11.9. The van der Waals surface area contributed by atoms with E-state index in [1.807, 2.05) is 45.0 Å². The number of hydrogen-bond donors (Lipinski definition) is 1. The van der Waals surface area contributed by atoms with Crippen LogP contribution in [0.25, 0.3) is 10.6 Å². The molecule has 1 saturated carbocycles. The van der Waals surface area contributed by atoms with Gasteiger partial charge in [0.1, 0.15) is 15.6 Å². The first-order chi connectivity index (χ1) is 12.3. The van der Waals surface area contributed by atoms with Crippen molar-refractivity contribution in [3.63, 3.8) is 0 Å². The summed E-state index contributed by atoms with van der Waals surface area (Å²) < 4.78 is 5.33. The molecule has 0 bridgehead atoms. The van der Waals surface area contributed by atoms with Gasteiger partial charge in [0.2, 0.25) is 0 Å². The number of aromatic nitrogens is 2. The summed E-state index contributed by atoms with van der Waals surface area (Å²) in [6.07, 6.45) is 3.52. The van der Waals surface area contributed by atoms with Crippen molar-refractivity contribution in [3.05, 3.63) is 34.3 Å². The summed E-state index contributed by atoms with van der Waals surface area (Å²) in [7, 11) is 0. The fraction of sp³-hybridized carbons (Fsp3) is 0.526. The van der Waals surface area contributed by atoms with Crippen molar-refractivity contribution < 1.29 is 9.53 Å². The molecule has 1 aromatic heterocycles. The van der Waals surface area contributed by atoms with Crippen molar-refractivity contribution >= 4 is 29.0 Å². The molecule has 2 aromatic rings. The summed E-state index contributed by atoms with van der Waals surface area (Å²) >= 11 is 7.58. The third kappa shape index (κ3) is 5.17. The van der Waals surface area contributed by atoms with Crippen LogP contribution in [-0.2, 0) is 4.74 Å². The van der Waals surface area contributed by atoms with E-state index in [9.17, 15) is 4.79 Å². The molecule has 3 rings (SSSR count). The molecule has 1 heterocycles. The van der Waals surface area contributed by atoms with Crippen molar-refractivity contribution in [2.24, 2.45) is 0 Å². The highest BCUT2D eigenvalue weighted by atomic mass is 35.5. The Bertz CT molecular complexity index is 747. The van der Waals surface area contributed by atoms with Crippen LogP contribution in [0.3, 0.4) is 0 Å². The van der Waals surface area contributed by atoms with Gasteiger partial charge in [0.15, 0.2) is 0 Å². The molecule has 0 unspecified atom stereocenters. The van der Waals surface area contributed by atoms with Gasteiger partial charge in [0.25, 0.3) is 0 Å². The number of nitrogens with zero attached hydrogens (tertiary/aromatic N) is 2. The van der Waals surface area contributed by atoms with Crippen LogP contribution in [0.15, 0.2) is 24.3 Å². The molecule has 140 valence electrons. The van der Waals surface area contributed by atoms with E-state index in [4.69, 9.17) is 16.3 Å². The third-order valence-corrected chi connectivity index (χ3v) is 5.72. The number of alkyl carbamates (subject to hydrolysis) is 1. The molecule has 0 saturated heterocycles. The first-order valence-electron chi connectivity index (χ1n) is 8.89. The fourth-order valence-corrected chi connectivity index (χ4v) is 4.21. The van der Waals surface area contributed by atoms with E-state index in [0.29, 0.717) is 10.9 Å². The minimum absolute atomic E-state index is 0.171. The van der Waals surface area contributed by atoms with E-state index >= 15 is 0 Å². The number of carbonyl (C=O) groups excluding carboxylic acids is 1. The number of nitrogens with one attached hydrogen (secondary N) is 1. The maximum absolute atomic E-state index is 11.9. The van der Waals surface area contributed by atoms with Gasteiger partial charge in [-0.3, -0.25) is 0 Å². The van der Waals surface area contributed by atoms with Crippen molar-refractivity contribution in [1.82, 2.24) is 15.5 Å². The smallest absolute Gasteiger partial charge is 0.407 e. The summed E-state index contributed by atoms with van der Waals surface area (Å²) in [6.45, 7) is 5.62. The molecule has 1 fully saturated rings. The topological polar surface area (TPSA) is 64.1 Å². The Morgan fingerprint density at radius 2 is 1.81 bits per heavy atom. The minimum atomic E-state index is -0.466. The van der Waals surface area contributed by atoms with Gasteiger partial charge in [0, 0.05) is 22.5 Å². The molecule has 0 aliphatic heterocycles. The molecule has 1 aliphatic rings. The van der Waals surface area contributed by atoms with Crippen LogP contribution in [0.2, 0.25) is 5.02 Å². The van der Waals surface area contributed by atoms with Gasteiger partial charge in [-0.25, -0.2) is 4.79 Å². The Kier molecular flexibility index (Phi) is 5.82. The van der Waals surface area contributed by atoms with Gasteiger partial charge in [-0.2, -0.15) is 0 Å². The van der Waals surface area contributed by atoms with E-state index in [1.165, 1.54) is 0 Å². The predicted molar refractivity (Wildman–Crippen MR) is 105 cm³/mol. The number of hydrogen-bond acceptors (Lipinski definition) is 5. The lowest BCUT2D eigenvalue weighted by atomic mass is 9.86. The van der Waals surface area contributed by atoms with Crippen LogP contribution in [0.1, 0.15) is 57.4 Å². The lowest BCUT2D eigenvalue weighted by Crippen LogP contribution is -2.40. The molecule has 0 radical (unpaired) electrons. The molecule has 0 spiro atoms. The second-order valence-electron chi connectivity index (χ2n) is 7.65. The highest BCUT2D eigenvalue weighted by molar-refractivity contribution is 7.14. The Labute approximate surface area is 163 Å². The summed E-state index contributed by atoms with van der Waals surface area (Å²) in [6, 6.07) is 7.84. The van der Waals surface area contributed by atoms with Crippen molar-refractivity contribution in [2.45, 2.75) is 64.0 Å². The molecule has 1 N–H and O–H groups in total. The first kappa shape index (κ1) is 19.1. The number of carbonyl (C=O) groups is 1. The van der Waals surface area contributed by atoms with Gasteiger partial charge < -0.3 is 10.1 Å². The average molecular weight is 394 g/mol. The standard InChI is InChI=1S/C19H24ClN3O2S/c1-19(2,3)25-18(24)21-15-10-6-13(7-11-15)17-23-22-16(26-17)12-4-8-14(20)9-5-12/h4-5,8-9,13,15H,6-7,10-11H2,1-3H3,(H,21,24). The zero-order valence-electron chi connectivity index (χ0n) is 15.3.